The van der Waals surface area contributed by atoms with Crippen molar-refractivity contribution in [3.05, 3.63) is 21.6 Å². The molecule has 8 heteroatoms. The zero-order valence-corrected chi connectivity index (χ0v) is 14.9. The largest absolute Gasteiger partial charge is 0.491 e. The van der Waals surface area contributed by atoms with Gasteiger partial charge in [-0.1, -0.05) is 11.6 Å². The summed E-state index contributed by atoms with van der Waals surface area (Å²) in [7, 11) is 0. The molecule has 0 bridgehead atoms. The number of nitrogens with one attached hydrogen (secondary N) is 1. The third-order valence-corrected chi connectivity index (χ3v) is 4.10. The van der Waals surface area contributed by atoms with Crippen LogP contribution in [0.5, 0.6) is 5.75 Å². The number of imide groups is 1. The number of anilines is 1. The summed E-state index contributed by atoms with van der Waals surface area (Å²) in [6.07, 6.45) is 0.458. The number of likely N-dealkylation sites (tertiary alicyclic amines) is 1. The highest BCUT2D eigenvalue weighted by Gasteiger charge is 2.28. The number of halogens is 2. The first-order chi connectivity index (χ1) is 10.9. The van der Waals surface area contributed by atoms with Gasteiger partial charge in [0, 0.05) is 30.8 Å². The quantitative estimate of drug-likeness (QED) is 0.741. The number of ether oxygens (including phenoxy) is 1. The fourth-order valence-corrected chi connectivity index (χ4v) is 3.17. The molecule has 0 atom stereocenters. The van der Waals surface area contributed by atoms with Crippen LogP contribution in [-0.2, 0) is 14.4 Å². The molecule has 6 nitrogen and oxygen atoms in total. The predicted molar refractivity (Wildman–Crippen MR) is 89.5 cm³/mol. The minimum absolute atomic E-state index is 0.0210. The van der Waals surface area contributed by atoms with Crippen LogP contribution in [0.2, 0.25) is 5.02 Å². The number of carbonyl (C=O) groups excluding carboxylic acids is 3. The Labute approximate surface area is 147 Å². The Balaban J connectivity index is 2.02. The van der Waals surface area contributed by atoms with Gasteiger partial charge in [-0.25, -0.2) is 0 Å². The van der Waals surface area contributed by atoms with Crippen LogP contribution in [0.1, 0.15) is 26.2 Å². The summed E-state index contributed by atoms with van der Waals surface area (Å²) in [6.45, 7) is 2.34. The summed E-state index contributed by atoms with van der Waals surface area (Å²) < 4.78 is 6.13. The van der Waals surface area contributed by atoms with Gasteiger partial charge in [-0.05, 0) is 35.0 Å². The normalized spacial score (nSPS) is 14.3. The SMILES string of the molecule is CCOc1c(Br)cc(Cl)cc1NC(=O)CCN1C(=O)CCC1=O. The molecule has 0 unspecified atom stereocenters. The van der Waals surface area contributed by atoms with Gasteiger partial charge in [0.1, 0.15) is 0 Å². The van der Waals surface area contributed by atoms with E-state index in [-0.39, 0.29) is 43.5 Å². The number of benzene rings is 1. The summed E-state index contributed by atoms with van der Waals surface area (Å²) in [5.74, 6) is -0.308. The second kappa shape index (κ2) is 7.79. The first-order valence-electron chi connectivity index (χ1n) is 7.17. The smallest absolute Gasteiger partial charge is 0.229 e. The fourth-order valence-electron chi connectivity index (χ4n) is 2.24. The van der Waals surface area contributed by atoms with E-state index in [1.54, 1.807) is 12.1 Å². The van der Waals surface area contributed by atoms with Crippen molar-refractivity contribution in [2.75, 3.05) is 18.5 Å². The van der Waals surface area contributed by atoms with Crippen LogP contribution >= 0.6 is 27.5 Å². The summed E-state index contributed by atoms with van der Waals surface area (Å²) in [5.41, 5.74) is 0.440. The minimum Gasteiger partial charge on any atom is -0.491 e. The molecular weight excluding hydrogens is 388 g/mol. The zero-order valence-electron chi connectivity index (χ0n) is 12.5. The number of hydrogen-bond acceptors (Lipinski definition) is 4. The summed E-state index contributed by atoms with van der Waals surface area (Å²) in [4.78, 5) is 36.2. The Hall–Kier alpha value is -1.60. The van der Waals surface area contributed by atoms with E-state index >= 15 is 0 Å². The van der Waals surface area contributed by atoms with Crippen LogP contribution < -0.4 is 10.1 Å². The molecule has 1 heterocycles. The highest BCUT2D eigenvalue weighted by molar-refractivity contribution is 9.10. The Bertz CT molecular complexity index is 635. The van der Waals surface area contributed by atoms with Gasteiger partial charge in [0.15, 0.2) is 5.75 Å². The maximum absolute atomic E-state index is 12.1. The monoisotopic (exact) mass is 402 g/mol. The van der Waals surface area contributed by atoms with Crippen LogP contribution in [0.3, 0.4) is 0 Å². The van der Waals surface area contributed by atoms with E-state index in [4.69, 9.17) is 16.3 Å². The van der Waals surface area contributed by atoms with Crippen molar-refractivity contribution in [3.8, 4) is 5.75 Å². The molecule has 1 fully saturated rings. The number of hydrogen-bond donors (Lipinski definition) is 1. The summed E-state index contributed by atoms with van der Waals surface area (Å²) in [6, 6.07) is 3.26. The summed E-state index contributed by atoms with van der Waals surface area (Å²) >= 11 is 9.33. The number of carbonyl (C=O) groups is 3. The fraction of sp³-hybridized carbons (Fsp3) is 0.400. The van der Waals surface area contributed by atoms with Gasteiger partial charge in [-0.2, -0.15) is 0 Å². The van der Waals surface area contributed by atoms with Gasteiger partial charge < -0.3 is 10.1 Å². The van der Waals surface area contributed by atoms with Gasteiger partial charge in [0.05, 0.1) is 16.8 Å². The van der Waals surface area contributed by atoms with E-state index in [0.717, 1.165) is 4.90 Å². The Kier molecular flexibility index (Phi) is 6.01. The molecule has 0 saturated carbocycles. The minimum atomic E-state index is -0.326. The van der Waals surface area contributed by atoms with Crippen LogP contribution in [0.4, 0.5) is 5.69 Å². The number of rotatable bonds is 6. The van der Waals surface area contributed by atoms with Crippen molar-refractivity contribution in [2.24, 2.45) is 0 Å². The Morgan fingerprint density at radius 2 is 2.00 bits per heavy atom. The van der Waals surface area contributed by atoms with Crippen molar-refractivity contribution in [1.82, 2.24) is 4.90 Å². The highest BCUT2D eigenvalue weighted by atomic mass is 79.9. The molecule has 1 N–H and O–H groups in total. The Morgan fingerprint density at radius 1 is 1.35 bits per heavy atom. The van der Waals surface area contributed by atoms with E-state index in [0.29, 0.717) is 27.5 Å². The predicted octanol–water partition coefficient (Wildman–Crippen LogP) is 2.98. The lowest BCUT2D eigenvalue weighted by atomic mass is 10.2. The molecule has 1 saturated heterocycles. The van der Waals surface area contributed by atoms with Crippen LogP contribution in [0.15, 0.2) is 16.6 Å². The van der Waals surface area contributed by atoms with Crippen molar-refractivity contribution < 1.29 is 19.1 Å². The molecule has 0 aromatic heterocycles. The lowest BCUT2D eigenvalue weighted by Gasteiger charge is -2.16. The molecule has 0 aliphatic carbocycles. The number of amides is 3. The summed E-state index contributed by atoms with van der Waals surface area (Å²) in [5, 5.41) is 3.15. The highest BCUT2D eigenvalue weighted by Crippen LogP contribution is 2.36. The van der Waals surface area contributed by atoms with E-state index in [2.05, 4.69) is 21.2 Å². The van der Waals surface area contributed by atoms with E-state index < -0.39 is 0 Å². The zero-order chi connectivity index (χ0) is 17.0. The second-order valence-electron chi connectivity index (χ2n) is 4.93. The maximum atomic E-state index is 12.1. The Morgan fingerprint density at radius 3 is 2.61 bits per heavy atom. The standard InChI is InChI=1S/C15H16BrClN2O4/c1-2-23-15-10(16)7-9(17)8-11(15)18-12(20)5-6-19-13(21)3-4-14(19)22/h7-8H,2-6H2,1H3,(H,18,20). The van der Waals surface area contributed by atoms with Crippen molar-refractivity contribution in [3.63, 3.8) is 0 Å². The van der Waals surface area contributed by atoms with Crippen molar-refractivity contribution >= 4 is 50.9 Å². The van der Waals surface area contributed by atoms with Crippen LogP contribution in [0.25, 0.3) is 0 Å². The second-order valence-corrected chi connectivity index (χ2v) is 6.23. The molecule has 0 radical (unpaired) electrons. The van der Waals surface area contributed by atoms with Gasteiger partial charge in [0.25, 0.3) is 0 Å². The molecule has 23 heavy (non-hydrogen) atoms. The molecular formula is C15H16BrClN2O4. The first-order valence-corrected chi connectivity index (χ1v) is 8.34. The van der Waals surface area contributed by atoms with Crippen LogP contribution in [-0.4, -0.2) is 35.8 Å². The third-order valence-electron chi connectivity index (χ3n) is 3.29. The third kappa shape index (κ3) is 4.45. The molecule has 1 aromatic carbocycles. The average Bonchev–Trinajstić information content (AvgIpc) is 2.79. The van der Waals surface area contributed by atoms with E-state index in [1.807, 2.05) is 6.92 Å². The van der Waals surface area contributed by atoms with Gasteiger partial charge in [-0.15, -0.1) is 0 Å². The molecule has 1 aliphatic rings. The molecule has 1 aliphatic heterocycles. The average molecular weight is 404 g/mol. The van der Waals surface area contributed by atoms with Crippen LogP contribution in [0, 0.1) is 0 Å². The van der Waals surface area contributed by atoms with Gasteiger partial charge >= 0.3 is 0 Å². The topological polar surface area (TPSA) is 75.7 Å². The van der Waals surface area contributed by atoms with Gasteiger partial charge in [0.2, 0.25) is 17.7 Å². The van der Waals surface area contributed by atoms with Crippen molar-refractivity contribution in [1.29, 1.82) is 0 Å². The van der Waals surface area contributed by atoms with Crippen molar-refractivity contribution in [2.45, 2.75) is 26.2 Å². The lowest BCUT2D eigenvalue weighted by molar-refractivity contribution is -0.138. The molecule has 0 spiro atoms. The maximum Gasteiger partial charge on any atom is 0.229 e. The van der Waals surface area contributed by atoms with E-state index in [1.165, 1.54) is 0 Å². The molecule has 2 rings (SSSR count). The molecule has 1 aromatic rings. The molecule has 3 amide bonds. The van der Waals surface area contributed by atoms with Gasteiger partial charge in [-0.3, -0.25) is 19.3 Å². The molecule has 124 valence electrons. The lowest BCUT2D eigenvalue weighted by Crippen LogP contribution is -2.32. The first kappa shape index (κ1) is 17.7. The van der Waals surface area contributed by atoms with E-state index in [9.17, 15) is 14.4 Å². The number of nitrogens with zero attached hydrogens (tertiary/aromatic N) is 1.